The van der Waals surface area contributed by atoms with Crippen LogP contribution in [0.15, 0.2) is 48.5 Å². The molecule has 0 radical (unpaired) electrons. The van der Waals surface area contributed by atoms with E-state index in [1.807, 2.05) is 24.3 Å². The normalized spacial score (nSPS) is 11.0. The van der Waals surface area contributed by atoms with Crippen molar-refractivity contribution in [1.82, 2.24) is 21.0 Å². The van der Waals surface area contributed by atoms with Crippen LogP contribution in [0.5, 0.6) is 0 Å². The molecule has 0 aliphatic rings. The first-order valence-electron chi connectivity index (χ1n) is 9.81. The minimum Gasteiger partial charge on any atom is -0.357 e. The standard InChI is InChI=1S/C23H25FN4O4/c1-25-21(29)20(22(30)27-32)28(2)23(31)19-11-9-17(10-12-19)4-3-16-5-7-18(8-6-16)15-26-14-13-24/h5-12,20,26,32H,13-15H2,1-2H3,(H,25,29)(H,27,30). The summed E-state index contributed by atoms with van der Waals surface area (Å²) >= 11 is 0. The van der Waals surface area contributed by atoms with E-state index in [4.69, 9.17) is 5.21 Å². The minimum absolute atomic E-state index is 0.253. The van der Waals surface area contributed by atoms with Gasteiger partial charge in [0.15, 0.2) is 6.04 Å². The first-order valence-corrected chi connectivity index (χ1v) is 9.81. The molecule has 4 N–H and O–H groups in total. The SMILES string of the molecule is CNC(=O)C(C(=O)NO)N(C)C(=O)c1ccc(C#Cc2ccc(CNCCF)cc2)cc1. The van der Waals surface area contributed by atoms with E-state index in [0.717, 1.165) is 16.0 Å². The smallest absolute Gasteiger partial charge is 0.275 e. The van der Waals surface area contributed by atoms with Crippen LogP contribution in [0.25, 0.3) is 0 Å². The Balaban J connectivity index is 2.07. The van der Waals surface area contributed by atoms with Crippen molar-refractivity contribution < 1.29 is 24.0 Å². The van der Waals surface area contributed by atoms with Crippen LogP contribution >= 0.6 is 0 Å². The first kappa shape index (κ1) is 24.5. The van der Waals surface area contributed by atoms with Crippen molar-refractivity contribution >= 4 is 17.7 Å². The molecule has 168 valence electrons. The molecule has 2 aromatic rings. The molecule has 0 aromatic heterocycles. The lowest BCUT2D eigenvalue weighted by atomic mass is 10.1. The van der Waals surface area contributed by atoms with Crippen LogP contribution < -0.4 is 16.1 Å². The number of alkyl halides is 1. The molecule has 0 aliphatic carbocycles. The van der Waals surface area contributed by atoms with Gasteiger partial charge in [0.1, 0.15) is 6.67 Å². The number of carbonyl (C=O) groups is 3. The van der Waals surface area contributed by atoms with Crippen molar-refractivity contribution in [3.05, 3.63) is 70.8 Å². The second kappa shape index (κ2) is 12.2. The van der Waals surface area contributed by atoms with Crippen molar-refractivity contribution in [2.24, 2.45) is 0 Å². The largest absolute Gasteiger partial charge is 0.357 e. The van der Waals surface area contributed by atoms with Crippen molar-refractivity contribution in [1.29, 1.82) is 0 Å². The summed E-state index contributed by atoms with van der Waals surface area (Å²) in [6.07, 6.45) is 0. The highest BCUT2D eigenvalue weighted by molar-refractivity contribution is 6.08. The fourth-order valence-corrected chi connectivity index (χ4v) is 2.84. The van der Waals surface area contributed by atoms with Crippen molar-refractivity contribution in [2.45, 2.75) is 12.6 Å². The molecule has 0 saturated heterocycles. The summed E-state index contributed by atoms with van der Waals surface area (Å²) in [5.41, 5.74) is 4.16. The van der Waals surface area contributed by atoms with Crippen LogP contribution in [0.2, 0.25) is 0 Å². The average Bonchev–Trinajstić information content (AvgIpc) is 2.83. The van der Waals surface area contributed by atoms with Crippen LogP contribution in [0.1, 0.15) is 27.0 Å². The number of hydrogen-bond donors (Lipinski definition) is 4. The Hall–Kier alpha value is -3.74. The van der Waals surface area contributed by atoms with E-state index >= 15 is 0 Å². The zero-order valence-electron chi connectivity index (χ0n) is 17.8. The second-order valence-corrected chi connectivity index (χ2v) is 6.80. The van der Waals surface area contributed by atoms with Gasteiger partial charge in [0, 0.05) is 43.9 Å². The number of hydrogen-bond acceptors (Lipinski definition) is 5. The summed E-state index contributed by atoms with van der Waals surface area (Å²) in [6, 6.07) is 12.5. The van der Waals surface area contributed by atoms with E-state index in [9.17, 15) is 18.8 Å². The molecular weight excluding hydrogens is 415 g/mol. The fraction of sp³-hybridized carbons (Fsp3) is 0.261. The predicted octanol–water partition coefficient (Wildman–Crippen LogP) is 0.838. The summed E-state index contributed by atoms with van der Waals surface area (Å²) in [4.78, 5) is 37.3. The predicted molar refractivity (Wildman–Crippen MR) is 116 cm³/mol. The van der Waals surface area contributed by atoms with Gasteiger partial charge in [-0.25, -0.2) is 9.87 Å². The fourth-order valence-electron chi connectivity index (χ4n) is 2.84. The van der Waals surface area contributed by atoms with Gasteiger partial charge in [0.05, 0.1) is 0 Å². The maximum Gasteiger partial charge on any atom is 0.275 e. The Morgan fingerprint density at radius 3 is 2.06 bits per heavy atom. The molecule has 0 bridgehead atoms. The van der Waals surface area contributed by atoms with Crippen molar-refractivity contribution in [3.63, 3.8) is 0 Å². The van der Waals surface area contributed by atoms with E-state index in [-0.39, 0.29) is 5.56 Å². The molecule has 0 spiro atoms. The van der Waals surface area contributed by atoms with Crippen LogP contribution in [0.4, 0.5) is 4.39 Å². The van der Waals surface area contributed by atoms with E-state index in [0.29, 0.717) is 18.7 Å². The van der Waals surface area contributed by atoms with Gasteiger partial charge in [-0.2, -0.15) is 0 Å². The summed E-state index contributed by atoms with van der Waals surface area (Å²) in [5, 5.41) is 14.1. The minimum atomic E-state index is -1.52. The number of halogens is 1. The topological polar surface area (TPSA) is 111 Å². The Labute approximate surface area is 185 Å². The molecule has 1 atom stereocenters. The molecule has 0 heterocycles. The number of hydroxylamine groups is 1. The van der Waals surface area contributed by atoms with Crippen LogP contribution in [-0.4, -0.2) is 61.2 Å². The molecule has 0 fully saturated rings. The molecule has 32 heavy (non-hydrogen) atoms. The molecule has 8 nitrogen and oxygen atoms in total. The van der Waals surface area contributed by atoms with Crippen LogP contribution in [0.3, 0.4) is 0 Å². The number of rotatable bonds is 8. The van der Waals surface area contributed by atoms with Gasteiger partial charge in [0.2, 0.25) is 0 Å². The summed E-state index contributed by atoms with van der Waals surface area (Å²) in [5.74, 6) is 3.71. The third-order valence-corrected chi connectivity index (χ3v) is 4.60. The monoisotopic (exact) mass is 440 g/mol. The maximum absolute atomic E-state index is 12.7. The number of amides is 3. The zero-order chi connectivity index (χ0) is 23.5. The maximum atomic E-state index is 12.7. The summed E-state index contributed by atoms with van der Waals surface area (Å²) in [6.45, 7) is 0.496. The number of nitrogens with one attached hydrogen (secondary N) is 3. The van der Waals surface area contributed by atoms with E-state index in [2.05, 4.69) is 22.5 Å². The highest BCUT2D eigenvalue weighted by Gasteiger charge is 2.33. The molecular formula is C23H25FN4O4. The van der Waals surface area contributed by atoms with E-state index < -0.39 is 30.4 Å². The van der Waals surface area contributed by atoms with Gasteiger partial charge in [-0.3, -0.25) is 19.6 Å². The summed E-state index contributed by atoms with van der Waals surface area (Å²) in [7, 11) is 2.62. The van der Waals surface area contributed by atoms with Gasteiger partial charge < -0.3 is 15.5 Å². The number of carbonyl (C=O) groups excluding carboxylic acids is 3. The second-order valence-electron chi connectivity index (χ2n) is 6.80. The molecule has 2 rings (SSSR count). The third kappa shape index (κ3) is 6.63. The van der Waals surface area contributed by atoms with Crippen LogP contribution in [0, 0.1) is 11.8 Å². The lowest BCUT2D eigenvalue weighted by Crippen LogP contribution is -2.54. The molecule has 2 aromatic carbocycles. The van der Waals surface area contributed by atoms with E-state index in [1.165, 1.54) is 19.6 Å². The third-order valence-electron chi connectivity index (χ3n) is 4.60. The molecule has 0 saturated carbocycles. The van der Waals surface area contributed by atoms with Crippen molar-refractivity contribution in [3.8, 4) is 11.8 Å². The van der Waals surface area contributed by atoms with Gasteiger partial charge in [0.25, 0.3) is 17.7 Å². The average molecular weight is 440 g/mol. The zero-order valence-corrected chi connectivity index (χ0v) is 17.8. The van der Waals surface area contributed by atoms with Crippen molar-refractivity contribution in [2.75, 3.05) is 27.3 Å². The Kier molecular flexibility index (Phi) is 9.35. The number of nitrogens with zero attached hydrogens (tertiary/aromatic N) is 1. The van der Waals surface area contributed by atoms with Gasteiger partial charge in [-0.1, -0.05) is 24.0 Å². The Morgan fingerprint density at radius 2 is 1.56 bits per heavy atom. The van der Waals surface area contributed by atoms with Gasteiger partial charge in [-0.15, -0.1) is 0 Å². The first-order chi connectivity index (χ1) is 15.4. The van der Waals surface area contributed by atoms with Gasteiger partial charge in [-0.05, 0) is 42.0 Å². The highest BCUT2D eigenvalue weighted by Crippen LogP contribution is 2.10. The lowest BCUT2D eigenvalue weighted by molar-refractivity contribution is -0.140. The molecule has 1 unspecified atom stereocenters. The lowest BCUT2D eigenvalue weighted by Gasteiger charge is -2.25. The number of benzene rings is 2. The van der Waals surface area contributed by atoms with Gasteiger partial charge >= 0.3 is 0 Å². The molecule has 9 heteroatoms. The Bertz CT molecular complexity index is 981. The molecule has 3 amide bonds. The highest BCUT2D eigenvalue weighted by atomic mass is 19.1. The van der Waals surface area contributed by atoms with Crippen LogP contribution in [-0.2, 0) is 16.1 Å². The van der Waals surface area contributed by atoms with E-state index in [1.54, 1.807) is 24.3 Å². The Morgan fingerprint density at radius 1 is 1.00 bits per heavy atom. The molecule has 0 aliphatic heterocycles. The number of likely N-dealkylation sites (N-methyl/N-ethyl adjacent to an activating group) is 2. The summed E-state index contributed by atoms with van der Waals surface area (Å²) < 4.78 is 12.1. The quantitative estimate of drug-likeness (QED) is 0.160.